The van der Waals surface area contributed by atoms with Crippen LogP contribution in [0.3, 0.4) is 0 Å². The van der Waals surface area contributed by atoms with E-state index in [1.807, 2.05) is 13.0 Å². The largest absolute Gasteiger partial charge is 0.381 e. The first-order chi connectivity index (χ1) is 8.38. The molecule has 94 valence electrons. The molecule has 0 saturated carbocycles. The molecule has 17 heavy (non-hydrogen) atoms. The molecule has 0 amide bonds. The summed E-state index contributed by atoms with van der Waals surface area (Å²) < 4.78 is 5.35. The van der Waals surface area contributed by atoms with Crippen molar-refractivity contribution >= 4 is 11.8 Å². The van der Waals surface area contributed by atoms with Crippen LogP contribution in [0.2, 0.25) is 0 Å². The molecule has 1 atom stereocenters. The predicted octanol–water partition coefficient (Wildman–Crippen LogP) is 1.75. The highest BCUT2D eigenvalue weighted by Gasteiger charge is 2.14. The van der Waals surface area contributed by atoms with Gasteiger partial charge in [-0.3, -0.25) is 0 Å². The fourth-order valence-corrected chi connectivity index (χ4v) is 1.92. The molecule has 5 nitrogen and oxygen atoms in total. The van der Waals surface area contributed by atoms with Gasteiger partial charge in [0.1, 0.15) is 5.82 Å². The van der Waals surface area contributed by atoms with Crippen molar-refractivity contribution in [2.24, 2.45) is 5.92 Å². The van der Waals surface area contributed by atoms with Crippen molar-refractivity contribution in [2.75, 3.05) is 36.9 Å². The number of nitrogens with one attached hydrogen (secondary N) is 2. The molecule has 2 heterocycles. The van der Waals surface area contributed by atoms with Gasteiger partial charge in [-0.15, -0.1) is 0 Å². The van der Waals surface area contributed by atoms with Gasteiger partial charge in [0, 0.05) is 32.5 Å². The summed E-state index contributed by atoms with van der Waals surface area (Å²) in [6, 6.07) is 1.89. The van der Waals surface area contributed by atoms with E-state index in [0.29, 0.717) is 11.9 Å². The molecule has 1 aromatic rings. The summed E-state index contributed by atoms with van der Waals surface area (Å²) in [7, 11) is 0. The van der Waals surface area contributed by atoms with E-state index < -0.39 is 0 Å². The fraction of sp³-hybridized carbons (Fsp3) is 0.667. The summed E-state index contributed by atoms with van der Waals surface area (Å²) >= 11 is 0. The standard InChI is InChI=1S/C12H20N4O/c1-2-13-12-15-7-4-11(16-12)14-6-3-10-5-8-17-9-10/h4,7,10H,2-3,5-6,8-9H2,1H3,(H2,13,14,15,16). The molecule has 0 spiro atoms. The van der Waals surface area contributed by atoms with Crippen LogP contribution in [0.15, 0.2) is 12.3 Å². The Morgan fingerprint density at radius 2 is 2.41 bits per heavy atom. The highest BCUT2D eigenvalue weighted by atomic mass is 16.5. The number of aromatic nitrogens is 2. The van der Waals surface area contributed by atoms with Gasteiger partial charge in [0.15, 0.2) is 0 Å². The second-order valence-electron chi connectivity index (χ2n) is 4.24. The van der Waals surface area contributed by atoms with Gasteiger partial charge >= 0.3 is 0 Å². The molecule has 0 radical (unpaired) electrons. The quantitative estimate of drug-likeness (QED) is 0.788. The van der Waals surface area contributed by atoms with E-state index >= 15 is 0 Å². The third kappa shape index (κ3) is 3.85. The number of anilines is 2. The van der Waals surface area contributed by atoms with Crippen molar-refractivity contribution < 1.29 is 4.74 Å². The highest BCUT2D eigenvalue weighted by molar-refractivity contribution is 5.39. The molecular weight excluding hydrogens is 216 g/mol. The van der Waals surface area contributed by atoms with Gasteiger partial charge in [0.2, 0.25) is 5.95 Å². The maximum Gasteiger partial charge on any atom is 0.224 e. The Balaban J connectivity index is 1.75. The van der Waals surface area contributed by atoms with Gasteiger partial charge in [-0.2, -0.15) is 4.98 Å². The number of nitrogens with zero attached hydrogens (tertiary/aromatic N) is 2. The summed E-state index contributed by atoms with van der Waals surface area (Å²) in [5, 5.41) is 6.42. The number of hydrogen-bond acceptors (Lipinski definition) is 5. The summed E-state index contributed by atoms with van der Waals surface area (Å²) in [5.74, 6) is 2.27. The summed E-state index contributed by atoms with van der Waals surface area (Å²) in [4.78, 5) is 8.49. The molecule has 1 saturated heterocycles. The number of hydrogen-bond donors (Lipinski definition) is 2. The van der Waals surface area contributed by atoms with Gasteiger partial charge in [0.05, 0.1) is 0 Å². The zero-order chi connectivity index (χ0) is 11.9. The minimum Gasteiger partial charge on any atom is -0.381 e. The fourth-order valence-electron chi connectivity index (χ4n) is 1.92. The molecule has 0 aromatic carbocycles. The lowest BCUT2D eigenvalue weighted by Crippen LogP contribution is -2.11. The third-order valence-electron chi connectivity index (χ3n) is 2.87. The smallest absolute Gasteiger partial charge is 0.224 e. The molecule has 2 N–H and O–H groups in total. The van der Waals surface area contributed by atoms with Crippen LogP contribution < -0.4 is 10.6 Å². The van der Waals surface area contributed by atoms with Crippen LogP contribution in [0.4, 0.5) is 11.8 Å². The lowest BCUT2D eigenvalue weighted by molar-refractivity contribution is 0.185. The second kappa shape index (κ2) is 6.39. The molecule has 1 fully saturated rings. The Morgan fingerprint density at radius 1 is 1.47 bits per heavy atom. The molecule has 1 unspecified atom stereocenters. The van der Waals surface area contributed by atoms with Gasteiger partial charge in [-0.1, -0.05) is 0 Å². The molecule has 1 aromatic heterocycles. The number of ether oxygens (including phenoxy) is 1. The van der Waals surface area contributed by atoms with Crippen molar-refractivity contribution in [3.05, 3.63) is 12.3 Å². The zero-order valence-corrected chi connectivity index (χ0v) is 10.3. The van der Waals surface area contributed by atoms with Crippen molar-refractivity contribution in [3.63, 3.8) is 0 Å². The Labute approximate surface area is 102 Å². The van der Waals surface area contributed by atoms with Crippen LogP contribution in [-0.2, 0) is 4.74 Å². The average Bonchev–Trinajstić information content (AvgIpc) is 2.83. The van der Waals surface area contributed by atoms with E-state index in [2.05, 4.69) is 20.6 Å². The zero-order valence-electron chi connectivity index (χ0n) is 10.3. The Kier molecular flexibility index (Phi) is 4.55. The van der Waals surface area contributed by atoms with Gasteiger partial charge in [-0.05, 0) is 31.7 Å². The molecule has 2 rings (SSSR count). The average molecular weight is 236 g/mol. The van der Waals surface area contributed by atoms with Crippen molar-refractivity contribution in [3.8, 4) is 0 Å². The van der Waals surface area contributed by atoms with Crippen LogP contribution in [-0.4, -0.2) is 36.3 Å². The lowest BCUT2D eigenvalue weighted by atomic mass is 10.1. The van der Waals surface area contributed by atoms with Crippen LogP contribution >= 0.6 is 0 Å². The maximum atomic E-state index is 5.35. The summed E-state index contributed by atoms with van der Waals surface area (Å²) in [5.41, 5.74) is 0. The highest BCUT2D eigenvalue weighted by Crippen LogP contribution is 2.16. The van der Waals surface area contributed by atoms with E-state index in [9.17, 15) is 0 Å². The third-order valence-corrected chi connectivity index (χ3v) is 2.87. The Bertz CT molecular complexity index is 339. The summed E-state index contributed by atoms with van der Waals surface area (Å²) in [6.07, 6.45) is 4.10. The van der Waals surface area contributed by atoms with Crippen molar-refractivity contribution in [2.45, 2.75) is 19.8 Å². The second-order valence-corrected chi connectivity index (χ2v) is 4.24. The lowest BCUT2D eigenvalue weighted by Gasteiger charge is -2.09. The van der Waals surface area contributed by atoms with Crippen LogP contribution in [0, 0.1) is 5.92 Å². The monoisotopic (exact) mass is 236 g/mol. The van der Waals surface area contributed by atoms with Gasteiger partial charge in [0.25, 0.3) is 0 Å². The van der Waals surface area contributed by atoms with Crippen LogP contribution in [0.5, 0.6) is 0 Å². The first-order valence-corrected chi connectivity index (χ1v) is 6.27. The molecular formula is C12H20N4O. The first-order valence-electron chi connectivity index (χ1n) is 6.27. The van der Waals surface area contributed by atoms with E-state index in [1.54, 1.807) is 6.20 Å². The Hall–Kier alpha value is -1.36. The predicted molar refractivity (Wildman–Crippen MR) is 68.2 cm³/mol. The first kappa shape index (κ1) is 12.1. The minimum atomic E-state index is 0.682. The van der Waals surface area contributed by atoms with Gasteiger partial charge in [-0.25, -0.2) is 4.98 Å². The van der Waals surface area contributed by atoms with Crippen LogP contribution in [0.1, 0.15) is 19.8 Å². The normalized spacial score (nSPS) is 19.2. The van der Waals surface area contributed by atoms with E-state index in [4.69, 9.17) is 4.74 Å². The topological polar surface area (TPSA) is 59.1 Å². The van der Waals surface area contributed by atoms with Crippen molar-refractivity contribution in [1.82, 2.24) is 9.97 Å². The van der Waals surface area contributed by atoms with Crippen LogP contribution in [0.25, 0.3) is 0 Å². The summed E-state index contributed by atoms with van der Waals surface area (Å²) in [6.45, 7) is 5.64. The Morgan fingerprint density at radius 3 is 3.18 bits per heavy atom. The minimum absolute atomic E-state index is 0.682. The molecule has 1 aliphatic heterocycles. The number of rotatable bonds is 6. The molecule has 0 bridgehead atoms. The molecule has 5 heteroatoms. The van der Waals surface area contributed by atoms with E-state index in [1.165, 1.54) is 6.42 Å². The molecule has 1 aliphatic rings. The van der Waals surface area contributed by atoms with Crippen molar-refractivity contribution in [1.29, 1.82) is 0 Å². The van der Waals surface area contributed by atoms with Gasteiger partial charge < -0.3 is 15.4 Å². The maximum absolute atomic E-state index is 5.35. The molecule has 0 aliphatic carbocycles. The van der Waals surface area contributed by atoms with E-state index in [-0.39, 0.29) is 0 Å². The van der Waals surface area contributed by atoms with E-state index in [0.717, 1.165) is 38.5 Å². The SMILES string of the molecule is CCNc1nccc(NCCC2CCOC2)n1.